The summed E-state index contributed by atoms with van der Waals surface area (Å²) in [6.45, 7) is 3.15. The number of carbonyl (C=O) groups excluding carboxylic acids is 2. The van der Waals surface area contributed by atoms with Gasteiger partial charge in [0.15, 0.2) is 0 Å². The fraction of sp³-hybridized carbons (Fsp3) is 0.583. The monoisotopic (exact) mass is 267 g/mol. The number of nitrogens with one attached hydrogen (secondary N) is 2. The standard InChI is InChI=1S/C12H17N3O4/c1-2-19-12(18)8-3-5-15(6-4-8)11(17)9-7-10(16)14-13-9/h7-8H,2-6H2,1H3,(H2,13,14,16). The Morgan fingerprint density at radius 3 is 2.58 bits per heavy atom. The molecule has 0 atom stereocenters. The molecule has 0 spiro atoms. The molecule has 0 unspecified atom stereocenters. The number of hydrogen-bond donors (Lipinski definition) is 2. The number of hydrogen-bond acceptors (Lipinski definition) is 4. The van der Waals surface area contributed by atoms with Crippen molar-refractivity contribution in [2.75, 3.05) is 19.7 Å². The predicted octanol–water partition coefficient (Wildman–Crippen LogP) is 0.118. The molecule has 1 amide bonds. The fourth-order valence-corrected chi connectivity index (χ4v) is 2.20. The Balaban J connectivity index is 1.91. The third kappa shape index (κ3) is 3.04. The molecule has 2 heterocycles. The van der Waals surface area contributed by atoms with Crippen LogP contribution in [0, 0.1) is 5.92 Å². The molecule has 104 valence electrons. The second-order valence-corrected chi connectivity index (χ2v) is 4.49. The number of piperidine rings is 1. The first-order chi connectivity index (χ1) is 9.11. The minimum atomic E-state index is -0.329. The maximum Gasteiger partial charge on any atom is 0.309 e. The lowest BCUT2D eigenvalue weighted by Crippen LogP contribution is -2.40. The van der Waals surface area contributed by atoms with Crippen LogP contribution in [-0.4, -0.2) is 46.7 Å². The average molecular weight is 267 g/mol. The summed E-state index contributed by atoms with van der Waals surface area (Å²) in [6, 6.07) is 1.24. The van der Waals surface area contributed by atoms with Crippen molar-refractivity contribution < 1.29 is 14.3 Å². The zero-order valence-corrected chi connectivity index (χ0v) is 10.8. The molecule has 2 N–H and O–H groups in total. The quantitative estimate of drug-likeness (QED) is 0.760. The van der Waals surface area contributed by atoms with Crippen molar-refractivity contribution in [1.82, 2.24) is 15.1 Å². The zero-order chi connectivity index (χ0) is 13.8. The smallest absolute Gasteiger partial charge is 0.309 e. The number of ether oxygens (including phenoxy) is 1. The molecule has 19 heavy (non-hydrogen) atoms. The van der Waals surface area contributed by atoms with Gasteiger partial charge in [-0.25, -0.2) is 0 Å². The number of nitrogens with zero attached hydrogens (tertiary/aromatic N) is 1. The highest BCUT2D eigenvalue weighted by atomic mass is 16.5. The number of aromatic amines is 2. The minimum Gasteiger partial charge on any atom is -0.466 e. The summed E-state index contributed by atoms with van der Waals surface area (Å²) in [7, 11) is 0. The Morgan fingerprint density at radius 1 is 1.37 bits per heavy atom. The van der Waals surface area contributed by atoms with E-state index in [2.05, 4.69) is 10.2 Å². The van der Waals surface area contributed by atoms with Crippen LogP contribution in [0.3, 0.4) is 0 Å². The van der Waals surface area contributed by atoms with Gasteiger partial charge in [0.05, 0.1) is 12.5 Å². The van der Waals surface area contributed by atoms with Crippen molar-refractivity contribution in [3.05, 3.63) is 22.1 Å². The second-order valence-electron chi connectivity index (χ2n) is 4.49. The number of amides is 1. The van der Waals surface area contributed by atoms with Crippen LogP contribution in [0.5, 0.6) is 0 Å². The fourth-order valence-electron chi connectivity index (χ4n) is 2.20. The second kappa shape index (κ2) is 5.73. The summed E-state index contributed by atoms with van der Waals surface area (Å²) in [5.74, 6) is -0.542. The predicted molar refractivity (Wildman–Crippen MR) is 66.7 cm³/mol. The molecule has 0 bridgehead atoms. The molecule has 7 heteroatoms. The Kier molecular flexibility index (Phi) is 4.03. The Labute approximate surface area is 109 Å². The molecule has 1 aromatic heterocycles. The van der Waals surface area contributed by atoms with Gasteiger partial charge in [-0.05, 0) is 19.8 Å². The number of aromatic nitrogens is 2. The number of H-pyrrole nitrogens is 2. The third-order valence-electron chi connectivity index (χ3n) is 3.23. The largest absolute Gasteiger partial charge is 0.466 e. The normalized spacial score (nSPS) is 16.4. The topological polar surface area (TPSA) is 95.3 Å². The highest BCUT2D eigenvalue weighted by molar-refractivity contribution is 5.92. The van der Waals surface area contributed by atoms with Crippen LogP contribution in [0.2, 0.25) is 0 Å². The van der Waals surface area contributed by atoms with E-state index in [0.29, 0.717) is 32.5 Å². The molecule has 1 aliphatic heterocycles. The number of carbonyl (C=O) groups is 2. The van der Waals surface area contributed by atoms with Crippen LogP contribution in [-0.2, 0) is 9.53 Å². The summed E-state index contributed by atoms with van der Waals surface area (Å²) in [4.78, 5) is 36.2. The van der Waals surface area contributed by atoms with Gasteiger partial charge in [-0.15, -0.1) is 0 Å². The van der Waals surface area contributed by atoms with Crippen molar-refractivity contribution in [2.24, 2.45) is 5.92 Å². The van der Waals surface area contributed by atoms with E-state index in [4.69, 9.17) is 4.74 Å². The number of esters is 1. The lowest BCUT2D eigenvalue weighted by atomic mass is 9.97. The summed E-state index contributed by atoms with van der Waals surface area (Å²) in [6.07, 6.45) is 1.19. The third-order valence-corrected chi connectivity index (χ3v) is 3.23. The molecule has 1 fully saturated rings. The van der Waals surface area contributed by atoms with E-state index in [1.807, 2.05) is 0 Å². The molecular weight excluding hydrogens is 250 g/mol. The summed E-state index contributed by atoms with van der Waals surface area (Å²) >= 11 is 0. The van der Waals surface area contributed by atoms with Crippen LogP contribution in [0.1, 0.15) is 30.3 Å². The van der Waals surface area contributed by atoms with E-state index in [1.54, 1.807) is 11.8 Å². The van der Waals surface area contributed by atoms with Gasteiger partial charge in [-0.2, -0.15) is 0 Å². The zero-order valence-electron chi connectivity index (χ0n) is 10.8. The summed E-state index contributed by atoms with van der Waals surface area (Å²) < 4.78 is 4.97. The van der Waals surface area contributed by atoms with Gasteiger partial charge in [0.25, 0.3) is 11.5 Å². The van der Waals surface area contributed by atoms with Gasteiger partial charge in [0.2, 0.25) is 0 Å². The van der Waals surface area contributed by atoms with Gasteiger partial charge in [0, 0.05) is 19.2 Å². The van der Waals surface area contributed by atoms with Gasteiger partial charge >= 0.3 is 5.97 Å². The SMILES string of the molecule is CCOC(=O)C1CCN(C(=O)c2cc(=O)[nH][nH]2)CC1. The molecule has 1 aromatic rings. The van der Waals surface area contributed by atoms with Crippen LogP contribution in [0.15, 0.2) is 10.9 Å². The van der Waals surface area contributed by atoms with E-state index in [9.17, 15) is 14.4 Å². The van der Waals surface area contributed by atoms with E-state index in [0.717, 1.165) is 0 Å². The maximum atomic E-state index is 12.0. The Morgan fingerprint density at radius 2 is 2.05 bits per heavy atom. The summed E-state index contributed by atoms with van der Waals surface area (Å²) in [5.41, 5.74) is -0.0793. The number of rotatable bonds is 3. The summed E-state index contributed by atoms with van der Waals surface area (Å²) in [5, 5.41) is 4.87. The molecule has 0 aliphatic carbocycles. The van der Waals surface area contributed by atoms with Gasteiger partial charge in [-0.3, -0.25) is 24.6 Å². The lowest BCUT2D eigenvalue weighted by molar-refractivity contribution is -0.149. The van der Waals surface area contributed by atoms with Crippen LogP contribution in [0.25, 0.3) is 0 Å². The van der Waals surface area contributed by atoms with Gasteiger partial charge in [0.1, 0.15) is 5.69 Å². The van der Waals surface area contributed by atoms with E-state index in [-0.39, 0.29) is 29.0 Å². The van der Waals surface area contributed by atoms with Crippen molar-refractivity contribution in [1.29, 1.82) is 0 Å². The Bertz CT molecular complexity index is 511. The van der Waals surface area contributed by atoms with Crippen molar-refractivity contribution in [2.45, 2.75) is 19.8 Å². The highest BCUT2D eigenvalue weighted by Gasteiger charge is 2.29. The van der Waals surface area contributed by atoms with E-state index >= 15 is 0 Å². The molecule has 0 saturated carbocycles. The first-order valence-electron chi connectivity index (χ1n) is 6.35. The van der Waals surface area contributed by atoms with Crippen molar-refractivity contribution in [3.8, 4) is 0 Å². The molecule has 2 rings (SSSR count). The van der Waals surface area contributed by atoms with E-state index in [1.165, 1.54) is 6.07 Å². The first-order valence-corrected chi connectivity index (χ1v) is 6.35. The van der Waals surface area contributed by atoms with E-state index < -0.39 is 0 Å². The van der Waals surface area contributed by atoms with Crippen molar-refractivity contribution in [3.63, 3.8) is 0 Å². The minimum absolute atomic E-state index is 0.130. The molecule has 0 radical (unpaired) electrons. The van der Waals surface area contributed by atoms with Crippen LogP contribution < -0.4 is 5.56 Å². The molecular formula is C12H17N3O4. The Hall–Kier alpha value is -2.05. The maximum absolute atomic E-state index is 12.0. The molecule has 7 nitrogen and oxygen atoms in total. The van der Waals surface area contributed by atoms with Crippen LogP contribution in [0.4, 0.5) is 0 Å². The first kappa shape index (κ1) is 13.4. The average Bonchev–Trinajstić information content (AvgIpc) is 2.85. The lowest BCUT2D eigenvalue weighted by Gasteiger charge is -2.30. The molecule has 1 aliphatic rings. The van der Waals surface area contributed by atoms with Crippen molar-refractivity contribution >= 4 is 11.9 Å². The molecule has 0 aromatic carbocycles. The molecule has 1 saturated heterocycles. The highest BCUT2D eigenvalue weighted by Crippen LogP contribution is 2.19. The van der Waals surface area contributed by atoms with Gasteiger partial charge in [-0.1, -0.05) is 0 Å². The van der Waals surface area contributed by atoms with Crippen LogP contribution >= 0.6 is 0 Å². The van der Waals surface area contributed by atoms with Gasteiger partial charge < -0.3 is 9.64 Å². The number of likely N-dealkylation sites (tertiary alicyclic amines) is 1.